The second kappa shape index (κ2) is 6.67. The molecule has 0 radical (unpaired) electrons. The number of aromatic amines is 1. The van der Waals surface area contributed by atoms with Gasteiger partial charge in [-0.25, -0.2) is 0 Å². The van der Waals surface area contributed by atoms with Gasteiger partial charge < -0.3 is 9.88 Å². The number of hydrogen-bond acceptors (Lipinski definition) is 3. The third kappa shape index (κ3) is 3.04. The molecule has 136 valence electrons. The molecule has 1 aliphatic rings. The summed E-state index contributed by atoms with van der Waals surface area (Å²) in [6, 6.07) is 11.2. The standard InChI is InChI=1S/C22H23N5/c1-26-10-6-20(7-11-26)27-15-21(22(25-27)16-4-8-23-9-5-16)17-2-3-18-13-24-14-19(18)12-17/h2-5,8-9,12-15,20,24H,6-7,10-11H2,1H3. The summed E-state index contributed by atoms with van der Waals surface area (Å²) in [6.45, 7) is 2.25. The fourth-order valence-electron chi connectivity index (χ4n) is 3.99. The summed E-state index contributed by atoms with van der Waals surface area (Å²) in [4.78, 5) is 9.75. The number of pyridine rings is 1. The molecule has 5 rings (SSSR count). The number of aromatic nitrogens is 4. The van der Waals surface area contributed by atoms with E-state index in [4.69, 9.17) is 5.10 Å². The first-order chi connectivity index (χ1) is 13.3. The van der Waals surface area contributed by atoms with Gasteiger partial charge in [0.05, 0.1) is 6.04 Å². The van der Waals surface area contributed by atoms with Crippen LogP contribution in [0.15, 0.2) is 61.3 Å². The number of likely N-dealkylation sites (tertiary alicyclic amines) is 1. The smallest absolute Gasteiger partial charge is 0.100 e. The first-order valence-corrected chi connectivity index (χ1v) is 9.53. The first-order valence-electron chi connectivity index (χ1n) is 9.53. The Morgan fingerprint density at radius 1 is 0.963 bits per heavy atom. The van der Waals surface area contributed by atoms with E-state index in [-0.39, 0.29) is 0 Å². The summed E-state index contributed by atoms with van der Waals surface area (Å²) in [5, 5.41) is 7.49. The predicted molar refractivity (Wildman–Crippen MR) is 109 cm³/mol. The van der Waals surface area contributed by atoms with E-state index in [1.54, 1.807) is 0 Å². The minimum absolute atomic E-state index is 0.464. The van der Waals surface area contributed by atoms with Crippen LogP contribution in [0.1, 0.15) is 18.9 Å². The molecular weight excluding hydrogens is 334 g/mol. The number of H-pyrrole nitrogens is 1. The van der Waals surface area contributed by atoms with E-state index in [0.29, 0.717) is 6.04 Å². The van der Waals surface area contributed by atoms with Crippen molar-refractivity contribution in [2.24, 2.45) is 0 Å². The largest absolute Gasteiger partial charge is 0.366 e. The molecule has 0 bridgehead atoms. The maximum absolute atomic E-state index is 5.04. The van der Waals surface area contributed by atoms with Crippen molar-refractivity contribution in [2.45, 2.75) is 18.9 Å². The van der Waals surface area contributed by atoms with Crippen LogP contribution in [0.2, 0.25) is 0 Å². The van der Waals surface area contributed by atoms with Crippen molar-refractivity contribution in [3.63, 3.8) is 0 Å². The van der Waals surface area contributed by atoms with Gasteiger partial charge >= 0.3 is 0 Å². The molecule has 5 heteroatoms. The fraction of sp³-hybridized carbons (Fsp3) is 0.273. The highest BCUT2D eigenvalue weighted by molar-refractivity contribution is 5.90. The van der Waals surface area contributed by atoms with Gasteiger partial charge in [-0.15, -0.1) is 0 Å². The fourth-order valence-corrected chi connectivity index (χ4v) is 3.99. The van der Waals surface area contributed by atoms with Gasteiger partial charge in [-0.1, -0.05) is 12.1 Å². The van der Waals surface area contributed by atoms with E-state index in [1.807, 2.05) is 36.9 Å². The van der Waals surface area contributed by atoms with E-state index < -0.39 is 0 Å². The highest BCUT2D eigenvalue weighted by Gasteiger charge is 2.22. The van der Waals surface area contributed by atoms with Gasteiger partial charge in [0.15, 0.2) is 0 Å². The SMILES string of the molecule is CN1CCC(n2cc(-c3ccc4c[nH]cc4c3)c(-c3ccncc3)n2)CC1. The second-order valence-electron chi connectivity index (χ2n) is 7.44. The molecule has 0 unspecified atom stereocenters. The third-order valence-corrected chi connectivity index (χ3v) is 5.62. The normalized spacial score (nSPS) is 16.2. The van der Waals surface area contributed by atoms with Crippen molar-refractivity contribution >= 4 is 10.8 Å². The lowest BCUT2D eigenvalue weighted by Gasteiger charge is -2.29. The molecule has 0 saturated carbocycles. The molecular formula is C22H23N5. The molecule has 5 nitrogen and oxygen atoms in total. The summed E-state index contributed by atoms with van der Waals surface area (Å²) in [7, 11) is 2.19. The molecule has 0 aliphatic carbocycles. The van der Waals surface area contributed by atoms with E-state index in [9.17, 15) is 0 Å². The Balaban J connectivity index is 1.61. The van der Waals surface area contributed by atoms with Crippen molar-refractivity contribution in [2.75, 3.05) is 20.1 Å². The highest BCUT2D eigenvalue weighted by Crippen LogP contribution is 2.34. The van der Waals surface area contributed by atoms with Crippen LogP contribution in [0.25, 0.3) is 33.2 Å². The van der Waals surface area contributed by atoms with Gasteiger partial charge in [0, 0.05) is 42.1 Å². The van der Waals surface area contributed by atoms with Crippen molar-refractivity contribution in [3.05, 3.63) is 61.3 Å². The quantitative estimate of drug-likeness (QED) is 0.593. The maximum atomic E-state index is 5.04. The molecule has 0 atom stereocenters. The van der Waals surface area contributed by atoms with Crippen molar-refractivity contribution < 1.29 is 0 Å². The Hall–Kier alpha value is -2.92. The Morgan fingerprint density at radius 3 is 2.56 bits per heavy atom. The van der Waals surface area contributed by atoms with Gasteiger partial charge in [-0.2, -0.15) is 5.10 Å². The summed E-state index contributed by atoms with van der Waals surface area (Å²) >= 11 is 0. The van der Waals surface area contributed by atoms with E-state index in [0.717, 1.165) is 37.2 Å². The molecule has 27 heavy (non-hydrogen) atoms. The van der Waals surface area contributed by atoms with Crippen LogP contribution in [0.5, 0.6) is 0 Å². The monoisotopic (exact) mass is 357 g/mol. The molecule has 0 amide bonds. The predicted octanol–water partition coefficient (Wildman–Crippen LogP) is 4.36. The molecule has 0 spiro atoms. The van der Waals surface area contributed by atoms with Crippen molar-refractivity contribution in [1.29, 1.82) is 0 Å². The number of fused-ring (bicyclic) bond motifs is 1. The van der Waals surface area contributed by atoms with Crippen LogP contribution < -0.4 is 0 Å². The molecule has 3 aromatic heterocycles. The molecule has 1 saturated heterocycles. The zero-order chi connectivity index (χ0) is 18.2. The number of benzene rings is 1. The Morgan fingerprint density at radius 2 is 1.74 bits per heavy atom. The molecule has 1 aromatic carbocycles. The summed E-state index contributed by atoms with van der Waals surface area (Å²) in [5.41, 5.74) is 4.53. The van der Waals surface area contributed by atoms with Crippen LogP contribution in [0.4, 0.5) is 0 Å². The van der Waals surface area contributed by atoms with Gasteiger partial charge in [0.1, 0.15) is 5.69 Å². The lowest BCUT2D eigenvalue weighted by molar-refractivity contribution is 0.212. The Bertz CT molecular complexity index is 1050. The summed E-state index contributed by atoms with van der Waals surface area (Å²) < 4.78 is 2.19. The molecule has 1 aliphatic heterocycles. The minimum Gasteiger partial charge on any atom is -0.366 e. The number of hydrogen-bond donors (Lipinski definition) is 1. The van der Waals surface area contributed by atoms with E-state index >= 15 is 0 Å². The van der Waals surface area contributed by atoms with E-state index in [2.05, 4.69) is 51.0 Å². The molecule has 4 aromatic rings. The van der Waals surface area contributed by atoms with Gasteiger partial charge in [-0.3, -0.25) is 9.67 Å². The first kappa shape index (κ1) is 16.3. The Labute approximate surface area is 158 Å². The molecule has 4 heterocycles. The summed E-state index contributed by atoms with van der Waals surface area (Å²) in [6.07, 6.45) is 12.3. The Kier molecular flexibility index (Phi) is 4.02. The number of rotatable bonds is 3. The average molecular weight is 357 g/mol. The van der Waals surface area contributed by atoms with Crippen LogP contribution in [0, 0.1) is 0 Å². The third-order valence-electron chi connectivity index (χ3n) is 5.62. The van der Waals surface area contributed by atoms with Gasteiger partial charge in [-0.05, 0) is 67.5 Å². The van der Waals surface area contributed by atoms with Crippen LogP contribution in [-0.4, -0.2) is 44.8 Å². The van der Waals surface area contributed by atoms with Crippen LogP contribution >= 0.6 is 0 Å². The lowest BCUT2D eigenvalue weighted by atomic mass is 10.0. The average Bonchev–Trinajstić information content (AvgIpc) is 3.36. The molecule has 1 fully saturated rings. The van der Waals surface area contributed by atoms with Crippen LogP contribution in [0.3, 0.4) is 0 Å². The van der Waals surface area contributed by atoms with Gasteiger partial charge in [0.25, 0.3) is 0 Å². The van der Waals surface area contributed by atoms with E-state index in [1.165, 1.54) is 21.9 Å². The molecule has 1 N–H and O–H groups in total. The minimum atomic E-state index is 0.464. The zero-order valence-corrected chi connectivity index (χ0v) is 15.5. The maximum Gasteiger partial charge on any atom is 0.100 e. The number of nitrogens with one attached hydrogen (secondary N) is 1. The van der Waals surface area contributed by atoms with Crippen molar-refractivity contribution in [1.82, 2.24) is 24.6 Å². The van der Waals surface area contributed by atoms with Crippen LogP contribution in [-0.2, 0) is 0 Å². The second-order valence-corrected chi connectivity index (χ2v) is 7.44. The summed E-state index contributed by atoms with van der Waals surface area (Å²) in [5.74, 6) is 0. The van der Waals surface area contributed by atoms with Crippen molar-refractivity contribution in [3.8, 4) is 22.4 Å². The number of nitrogens with zero attached hydrogens (tertiary/aromatic N) is 4. The van der Waals surface area contributed by atoms with Gasteiger partial charge in [0.2, 0.25) is 0 Å². The zero-order valence-electron chi connectivity index (χ0n) is 15.5. The highest BCUT2D eigenvalue weighted by atomic mass is 15.3. The number of piperidine rings is 1. The lowest BCUT2D eigenvalue weighted by Crippen LogP contribution is -2.31. The topological polar surface area (TPSA) is 49.7 Å².